The molecule has 5 nitrogen and oxygen atoms in total. The molecule has 0 atom stereocenters. The summed E-state index contributed by atoms with van der Waals surface area (Å²) in [6.07, 6.45) is 1.11. The van der Waals surface area contributed by atoms with Crippen molar-refractivity contribution >= 4 is 63.9 Å². The number of nitrogens with one attached hydrogen (secondary N) is 1. The third-order valence-electron chi connectivity index (χ3n) is 5.02. The van der Waals surface area contributed by atoms with Gasteiger partial charge in [-0.15, -0.1) is 24.8 Å². The summed E-state index contributed by atoms with van der Waals surface area (Å²) in [5, 5.41) is 4.71. The van der Waals surface area contributed by atoms with E-state index >= 15 is 0 Å². The quantitative estimate of drug-likeness (QED) is 0.301. The molecule has 0 radical (unpaired) electrons. The molecule has 186 valence electrons. The zero-order chi connectivity index (χ0) is 22.1. The molecular weight excluding hydrogens is 574 g/mol. The standard InChI is InChI=1S/C23H29BrCl2N2O3.2ClH/c1-2-30-22-13-17(15-27-6-3-7-28-8-10-29-11-9-28)12-20(24)23(22)31-16-18-4-5-19(25)14-21(18)26;;/h4-5,12-14,27H,2-3,6-11,15-16H2,1H3;2*1H. The van der Waals surface area contributed by atoms with Crippen molar-refractivity contribution in [2.45, 2.75) is 26.5 Å². The average molecular weight is 605 g/mol. The first-order valence-electron chi connectivity index (χ1n) is 10.6. The summed E-state index contributed by atoms with van der Waals surface area (Å²) >= 11 is 15.9. The normalized spacial score (nSPS) is 13.7. The number of halogens is 5. The van der Waals surface area contributed by atoms with E-state index in [1.54, 1.807) is 12.1 Å². The molecule has 1 fully saturated rings. The van der Waals surface area contributed by atoms with E-state index in [9.17, 15) is 0 Å². The number of hydrogen-bond donors (Lipinski definition) is 1. The Kier molecular flexibility index (Phi) is 15.1. The van der Waals surface area contributed by atoms with E-state index in [-0.39, 0.29) is 24.8 Å². The smallest absolute Gasteiger partial charge is 0.175 e. The van der Waals surface area contributed by atoms with Gasteiger partial charge in [0, 0.05) is 35.2 Å². The monoisotopic (exact) mass is 602 g/mol. The molecule has 0 amide bonds. The van der Waals surface area contributed by atoms with Crippen molar-refractivity contribution in [2.24, 2.45) is 0 Å². The molecule has 0 aliphatic carbocycles. The highest BCUT2D eigenvalue weighted by atomic mass is 79.9. The van der Waals surface area contributed by atoms with Crippen LogP contribution in [0.15, 0.2) is 34.8 Å². The second-order valence-corrected chi connectivity index (χ2v) is 9.04. The molecule has 10 heteroatoms. The fraction of sp³-hybridized carbons (Fsp3) is 0.478. The largest absolute Gasteiger partial charge is 0.490 e. The Balaban J connectivity index is 0.00000272. The summed E-state index contributed by atoms with van der Waals surface area (Å²) < 4.78 is 18.2. The van der Waals surface area contributed by atoms with Crippen LogP contribution in [-0.2, 0) is 17.9 Å². The molecule has 0 spiro atoms. The Hall–Kier alpha value is -0.440. The van der Waals surface area contributed by atoms with Gasteiger partial charge in [0.15, 0.2) is 11.5 Å². The van der Waals surface area contributed by atoms with Crippen LogP contribution in [0.25, 0.3) is 0 Å². The molecular formula is C23H31BrCl4N2O3. The Morgan fingerprint density at radius 2 is 1.85 bits per heavy atom. The molecule has 2 aromatic rings. The van der Waals surface area contributed by atoms with Crippen LogP contribution in [0.2, 0.25) is 10.0 Å². The van der Waals surface area contributed by atoms with E-state index in [1.165, 1.54) is 0 Å². The van der Waals surface area contributed by atoms with Gasteiger partial charge in [-0.05, 0) is 72.2 Å². The fourth-order valence-corrected chi connectivity index (χ4v) is 4.47. The first kappa shape index (κ1) is 30.6. The summed E-state index contributed by atoms with van der Waals surface area (Å²) in [7, 11) is 0. The average Bonchev–Trinajstić information content (AvgIpc) is 2.75. The highest BCUT2D eigenvalue weighted by molar-refractivity contribution is 9.10. The SMILES string of the molecule is CCOc1cc(CNCCCN2CCOCC2)cc(Br)c1OCc1ccc(Cl)cc1Cl.Cl.Cl. The lowest BCUT2D eigenvalue weighted by Crippen LogP contribution is -2.37. The van der Waals surface area contributed by atoms with Gasteiger partial charge in [-0.25, -0.2) is 0 Å². The third-order valence-corrected chi connectivity index (χ3v) is 6.19. The van der Waals surface area contributed by atoms with Crippen LogP contribution in [0.1, 0.15) is 24.5 Å². The molecule has 0 aromatic heterocycles. The first-order chi connectivity index (χ1) is 15.1. The van der Waals surface area contributed by atoms with Gasteiger partial charge >= 0.3 is 0 Å². The maximum atomic E-state index is 6.27. The molecule has 1 saturated heterocycles. The van der Waals surface area contributed by atoms with Gasteiger partial charge in [-0.2, -0.15) is 0 Å². The molecule has 2 aromatic carbocycles. The minimum Gasteiger partial charge on any atom is -0.490 e. The second-order valence-electron chi connectivity index (χ2n) is 7.35. The van der Waals surface area contributed by atoms with E-state index in [0.717, 1.165) is 68.0 Å². The Morgan fingerprint density at radius 3 is 2.55 bits per heavy atom. The Morgan fingerprint density at radius 1 is 1.09 bits per heavy atom. The van der Waals surface area contributed by atoms with Crippen molar-refractivity contribution in [3.63, 3.8) is 0 Å². The van der Waals surface area contributed by atoms with Gasteiger partial charge in [0.05, 0.1) is 24.3 Å². The molecule has 1 aliphatic rings. The van der Waals surface area contributed by atoms with Crippen LogP contribution >= 0.6 is 63.9 Å². The maximum Gasteiger partial charge on any atom is 0.175 e. The summed E-state index contributed by atoms with van der Waals surface area (Å²) in [6.45, 7) is 9.45. The summed E-state index contributed by atoms with van der Waals surface area (Å²) in [6, 6.07) is 9.49. The van der Waals surface area contributed by atoms with Crippen LogP contribution in [0.3, 0.4) is 0 Å². The first-order valence-corrected chi connectivity index (χ1v) is 12.1. The van der Waals surface area contributed by atoms with Gasteiger partial charge < -0.3 is 19.5 Å². The summed E-state index contributed by atoms with van der Waals surface area (Å²) in [5.41, 5.74) is 2.00. The predicted octanol–water partition coefficient (Wildman–Crippen LogP) is 6.39. The van der Waals surface area contributed by atoms with Gasteiger partial charge in [0.2, 0.25) is 0 Å². The highest BCUT2D eigenvalue weighted by Crippen LogP contribution is 2.38. The van der Waals surface area contributed by atoms with Gasteiger partial charge in [0.25, 0.3) is 0 Å². The summed E-state index contributed by atoms with van der Waals surface area (Å²) in [5.74, 6) is 1.39. The van der Waals surface area contributed by atoms with Crippen molar-refractivity contribution in [1.29, 1.82) is 0 Å². The van der Waals surface area contributed by atoms with E-state index in [0.29, 0.717) is 34.8 Å². The Labute approximate surface area is 227 Å². The molecule has 33 heavy (non-hydrogen) atoms. The zero-order valence-corrected chi connectivity index (χ0v) is 23.3. The van der Waals surface area contributed by atoms with E-state index in [2.05, 4.69) is 32.2 Å². The topological polar surface area (TPSA) is 43.0 Å². The highest BCUT2D eigenvalue weighted by Gasteiger charge is 2.14. The number of morpholine rings is 1. The lowest BCUT2D eigenvalue weighted by molar-refractivity contribution is 0.0374. The van der Waals surface area contributed by atoms with Crippen molar-refractivity contribution in [2.75, 3.05) is 46.0 Å². The molecule has 1 aliphatic heterocycles. The minimum absolute atomic E-state index is 0. The molecule has 1 N–H and O–H groups in total. The van der Waals surface area contributed by atoms with Gasteiger partial charge in [-0.3, -0.25) is 4.90 Å². The summed E-state index contributed by atoms with van der Waals surface area (Å²) in [4.78, 5) is 2.45. The minimum atomic E-state index is 0. The van der Waals surface area contributed by atoms with E-state index < -0.39 is 0 Å². The number of nitrogens with zero attached hydrogens (tertiary/aromatic N) is 1. The maximum absolute atomic E-state index is 6.27. The number of rotatable bonds is 11. The molecule has 1 heterocycles. The van der Waals surface area contributed by atoms with E-state index in [4.69, 9.17) is 37.4 Å². The molecule has 0 bridgehead atoms. The third kappa shape index (κ3) is 9.98. The molecule has 3 rings (SSSR count). The number of ether oxygens (including phenoxy) is 3. The van der Waals surface area contributed by atoms with Gasteiger partial charge in [0.1, 0.15) is 6.61 Å². The number of hydrogen-bond acceptors (Lipinski definition) is 5. The predicted molar refractivity (Wildman–Crippen MR) is 144 cm³/mol. The fourth-order valence-electron chi connectivity index (χ4n) is 3.40. The van der Waals surface area contributed by atoms with Crippen molar-refractivity contribution < 1.29 is 14.2 Å². The molecule has 0 unspecified atom stereocenters. The van der Waals surface area contributed by atoms with Crippen LogP contribution in [-0.4, -0.2) is 50.9 Å². The van der Waals surface area contributed by atoms with Gasteiger partial charge in [-0.1, -0.05) is 29.3 Å². The Bertz CT molecular complexity index is 855. The zero-order valence-electron chi connectivity index (χ0n) is 18.6. The van der Waals surface area contributed by atoms with Crippen molar-refractivity contribution in [3.05, 3.63) is 56.0 Å². The van der Waals surface area contributed by atoms with Crippen LogP contribution < -0.4 is 14.8 Å². The lowest BCUT2D eigenvalue weighted by atomic mass is 10.2. The van der Waals surface area contributed by atoms with Crippen molar-refractivity contribution in [1.82, 2.24) is 10.2 Å². The van der Waals surface area contributed by atoms with E-state index in [1.807, 2.05) is 19.1 Å². The van der Waals surface area contributed by atoms with Crippen LogP contribution in [0.4, 0.5) is 0 Å². The van der Waals surface area contributed by atoms with Crippen LogP contribution in [0, 0.1) is 0 Å². The number of benzene rings is 2. The lowest BCUT2D eigenvalue weighted by Gasteiger charge is -2.26. The van der Waals surface area contributed by atoms with Crippen molar-refractivity contribution in [3.8, 4) is 11.5 Å². The second kappa shape index (κ2) is 16.3. The van der Waals surface area contributed by atoms with Crippen LogP contribution in [0.5, 0.6) is 11.5 Å². The molecule has 0 saturated carbocycles.